The third-order valence-corrected chi connectivity index (χ3v) is 2.45. The minimum absolute atomic E-state index is 0.106. The molecule has 0 saturated heterocycles. The van der Waals surface area contributed by atoms with Crippen molar-refractivity contribution in [3.05, 3.63) is 48.0 Å². The number of nitrogen functional groups attached to an aromatic ring is 3. The first-order valence-electron chi connectivity index (χ1n) is 4.54. The highest BCUT2D eigenvalue weighted by atomic mass is 16.7. The lowest BCUT2D eigenvalue weighted by Crippen LogP contribution is -2.50. The predicted molar refractivity (Wildman–Crippen MR) is 62.3 cm³/mol. The van der Waals surface area contributed by atoms with E-state index in [1.54, 1.807) is 0 Å². The lowest BCUT2D eigenvalue weighted by molar-refractivity contribution is -0.985. The van der Waals surface area contributed by atoms with Gasteiger partial charge in [0.15, 0.2) is 14.8 Å². The number of nitro groups is 3. The first-order valence-corrected chi connectivity index (χ1v) is 4.54. The monoisotopic (exact) mass is 272 g/mol. The summed E-state index contributed by atoms with van der Waals surface area (Å²) in [5, 5.41) is 32.5. The third kappa shape index (κ3) is 1.70. The van der Waals surface area contributed by atoms with Gasteiger partial charge in [-0.25, -0.2) is 0 Å². The second-order valence-corrected chi connectivity index (χ2v) is 3.44. The smallest absolute Gasteiger partial charge is 0.397 e. The van der Waals surface area contributed by atoms with Crippen LogP contribution in [0.15, 0.2) is 12.1 Å². The van der Waals surface area contributed by atoms with Crippen LogP contribution in [-0.2, 0) is 5.79 Å². The molecule has 0 bridgehead atoms. The summed E-state index contributed by atoms with van der Waals surface area (Å²) in [5.41, 5.74) is 13.9. The van der Waals surface area contributed by atoms with Crippen LogP contribution in [-0.4, -0.2) is 14.8 Å². The van der Waals surface area contributed by atoms with E-state index in [2.05, 4.69) is 0 Å². The average molecular weight is 272 g/mol. The van der Waals surface area contributed by atoms with Crippen molar-refractivity contribution in [1.82, 2.24) is 0 Å². The van der Waals surface area contributed by atoms with Gasteiger partial charge in [0.25, 0.3) is 0 Å². The van der Waals surface area contributed by atoms with Crippen LogP contribution < -0.4 is 17.2 Å². The molecule has 0 aliphatic heterocycles. The Morgan fingerprint density at radius 1 is 0.842 bits per heavy atom. The van der Waals surface area contributed by atoms with Crippen molar-refractivity contribution in [2.45, 2.75) is 5.79 Å². The zero-order valence-corrected chi connectivity index (χ0v) is 9.18. The van der Waals surface area contributed by atoms with Crippen LogP contribution in [0, 0.1) is 30.3 Å². The largest absolute Gasteiger partial charge is 0.730 e. The molecule has 0 aliphatic rings. The number of nitrogens with zero attached hydrogens (tertiary/aromatic N) is 3. The van der Waals surface area contributed by atoms with Crippen LogP contribution in [0.5, 0.6) is 0 Å². The molecule has 0 fully saturated rings. The van der Waals surface area contributed by atoms with Crippen LogP contribution in [0.25, 0.3) is 0 Å². The maximum Gasteiger partial charge on any atom is 0.730 e. The molecule has 0 amide bonds. The van der Waals surface area contributed by atoms with E-state index in [0.29, 0.717) is 0 Å². The fourth-order valence-corrected chi connectivity index (χ4v) is 1.44. The first-order chi connectivity index (χ1) is 8.67. The van der Waals surface area contributed by atoms with Crippen molar-refractivity contribution in [2.75, 3.05) is 17.2 Å². The highest BCUT2D eigenvalue weighted by molar-refractivity contribution is 5.79. The maximum atomic E-state index is 10.8. The first kappa shape index (κ1) is 13.9. The molecule has 0 radical (unpaired) electrons. The fraction of sp³-hybridized carbons (Fsp3) is 0.143. The van der Waals surface area contributed by atoms with Crippen molar-refractivity contribution < 1.29 is 14.8 Å². The van der Waals surface area contributed by atoms with Crippen LogP contribution in [0.4, 0.5) is 17.1 Å². The van der Waals surface area contributed by atoms with Gasteiger partial charge in [0.2, 0.25) is 5.56 Å². The summed E-state index contributed by atoms with van der Waals surface area (Å²) in [6, 6.07) is 1.70. The molecule has 0 unspecified atom stereocenters. The van der Waals surface area contributed by atoms with E-state index in [9.17, 15) is 30.3 Å². The van der Waals surface area contributed by atoms with E-state index < -0.39 is 37.5 Å². The number of anilines is 3. The topological polar surface area (TPSA) is 207 Å². The van der Waals surface area contributed by atoms with Crippen LogP contribution >= 0.6 is 0 Å². The van der Waals surface area contributed by atoms with Gasteiger partial charge in [0.1, 0.15) is 0 Å². The number of nitrogens with two attached hydrogens (primary N) is 3. The molecule has 1 aromatic rings. The van der Waals surface area contributed by atoms with Crippen molar-refractivity contribution in [1.29, 1.82) is 0 Å². The molecule has 0 atom stereocenters. The number of rotatable bonds is 4. The Bertz CT molecular complexity index is 550. The molecule has 6 N–H and O–H groups in total. The molecule has 0 aliphatic carbocycles. The maximum absolute atomic E-state index is 10.8. The van der Waals surface area contributed by atoms with E-state index in [4.69, 9.17) is 17.2 Å². The Kier molecular flexibility index (Phi) is 3.10. The van der Waals surface area contributed by atoms with Gasteiger partial charge in [-0.3, -0.25) is 30.3 Å². The molecule has 12 heteroatoms. The minimum Gasteiger partial charge on any atom is -0.397 e. The standard InChI is InChI=1S/C7H8N6O6/c8-4-2-1-3(5(9)6(4)10)7(11(14)15,12(16)17)13(18)19/h1-2H,8-10H2. The molecule has 0 saturated carbocycles. The number of hydrogen-bond acceptors (Lipinski definition) is 9. The van der Waals surface area contributed by atoms with Crippen molar-refractivity contribution in [3.8, 4) is 0 Å². The minimum atomic E-state index is -3.83. The Labute approximate surface area is 104 Å². The second-order valence-electron chi connectivity index (χ2n) is 3.44. The average Bonchev–Trinajstić information content (AvgIpc) is 2.28. The fourth-order valence-electron chi connectivity index (χ4n) is 1.44. The Morgan fingerprint density at radius 2 is 1.26 bits per heavy atom. The predicted octanol–water partition coefficient (Wildman–Crippen LogP) is -0.626. The van der Waals surface area contributed by atoms with Gasteiger partial charge in [0.05, 0.1) is 17.1 Å². The Balaban J connectivity index is 3.79. The van der Waals surface area contributed by atoms with E-state index in [-0.39, 0.29) is 5.69 Å². The summed E-state index contributed by atoms with van der Waals surface area (Å²) in [6.45, 7) is 0. The molecular formula is C7H8N6O6. The highest BCUT2D eigenvalue weighted by Gasteiger charge is 2.73. The summed E-state index contributed by atoms with van der Waals surface area (Å²) in [6.07, 6.45) is 0. The molecule has 1 aromatic carbocycles. The zero-order valence-electron chi connectivity index (χ0n) is 9.18. The van der Waals surface area contributed by atoms with Gasteiger partial charge in [-0.05, 0) is 12.1 Å². The highest BCUT2D eigenvalue weighted by Crippen LogP contribution is 2.36. The third-order valence-electron chi connectivity index (χ3n) is 2.45. The SMILES string of the molecule is Nc1ccc(C([N+](=O)[O-])([N+](=O)[O-])[N+](=O)[O-])c(N)c1N. The number of benzene rings is 1. The van der Waals surface area contributed by atoms with E-state index >= 15 is 0 Å². The van der Waals surface area contributed by atoms with Gasteiger partial charge in [0, 0.05) is 0 Å². The van der Waals surface area contributed by atoms with Gasteiger partial charge >= 0.3 is 5.79 Å². The summed E-state index contributed by atoms with van der Waals surface area (Å²) in [7, 11) is 0. The second kappa shape index (κ2) is 4.25. The molecular weight excluding hydrogens is 264 g/mol. The van der Waals surface area contributed by atoms with Crippen LogP contribution in [0.3, 0.4) is 0 Å². The lowest BCUT2D eigenvalue weighted by atomic mass is 10.0. The van der Waals surface area contributed by atoms with E-state index in [1.807, 2.05) is 0 Å². The van der Waals surface area contributed by atoms with E-state index in [0.717, 1.165) is 12.1 Å². The molecule has 0 aromatic heterocycles. The van der Waals surface area contributed by atoms with Crippen LogP contribution in [0.2, 0.25) is 0 Å². The van der Waals surface area contributed by atoms with Gasteiger partial charge < -0.3 is 17.2 Å². The normalized spacial score (nSPS) is 10.9. The summed E-state index contributed by atoms with van der Waals surface area (Å²) < 4.78 is 0. The zero-order chi connectivity index (χ0) is 15.0. The van der Waals surface area contributed by atoms with Crippen molar-refractivity contribution >= 4 is 17.1 Å². The number of hydrogen-bond donors (Lipinski definition) is 3. The summed E-state index contributed by atoms with van der Waals surface area (Å²) in [5.74, 6) is -3.83. The van der Waals surface area contributed by atoms with Gasteiger partial charge in [-0.1, -0.05) is 0 Å². The van der Waals surface area contributed by atoms with Crippen molar-refractivity contribution in [3.63, 3.8) is 0 Å². The van der Waals surface area contributed by atoms with Gasteiger partial charge in [-0.15, -0.1) is 0 Å². The quantitative estimate of drug-likeness (QED) is 0.275. The molecule has 19 heavy (non-hydrogen) atoms. The van der Waals surface area contributed by atoms with Crippen LogP contribution in [0.1, 0.15) is 5.56 Å². The molecule has 0 heterocycles. The molecule has 12 nitrogen and oxygen atoms in total. The van der Waals surface area contributed by atoms with E-state index in [1.165, 1.54) is 0 Å². The molecule has 102 valence electrons. The summed E-state index contributed by atoms with van der Waals surface area (Å²) in [4.78, 5) is 27.6. The molecule has 0 spiro atoms. The Hall–Kier alpha value is -3.18. The molecule has 1 rings (SSSR count). The lowest BCUT2D eigenvalue weighted by Gasteiger charge is -2.12. The van der Waals surface area contributed by atoms with Crippen molar-refractivity contribution in [2.24, 2.45) is 0 Å². The Morgan fingerprint density at radius 3 is 1.63 bits per heavy atom. The summed E-state index contributed by atoms with van der Waals surface area (Å²) >= 11 is 0. The van der Waals surface area contributed by atoms with Gasteiger partial charge in [-0.2, -0.15) is 0 Å².